The highest BCUT2D eigenvalue weighted by atomic mass is 16.6. The first-order valence-electron chi connectivity index (χ1n) is 4.82. The van der Waals surface area contributed by atoms with Gasteiger partial charge in [-0.1, -0.05) is 30.3 Å². The van der Waals surface area contributed by atoms with Crippen molar-refractivity contribution in [3.63, 3.8) is 0 Å². The van der Waals surface area contributed by atoms with Crippen molar-refractivity contribution in [1.29, 1.82) is 0 Å². The SMILES string of the molecule is O=[N+]([O-])c1c(-c2ccccc2)ccc2c1O2. The van der Waals surface area contributed by atoms with E-state index in [1.165, 1.54) is 0 Å². The smallest absolute Gasteiger partial charge is 0.323 e. The Hall–Kier alpha value is -2.36. The predicted molar refractivity (Wildman–Crippen MR) is 58.6 cm³/mol. The number of benzene rings is 2. The van der Waals surface area contributed by atoms with Gasteiger partial charge in [0.1, 0.15) is 0 Å². The molecular formula is C12H7NO3. The van der Waals surface area contributed by atoms with E-state index in [4.69, 9.17) is 4.74 Å². The van der Waals surface area contributed by atoms with Crippen LogP contribution in [0.15, 0.2) is 42.5 Å². The molecule has 0 saturated heterocycles. The van der Waals surface area contributed by atoms with Crippen LogP contribution >= 0.6 is 0 Å². The maximum atomic E-state index is 11.0. The first-order chi connectivity index (χ1) is 7.77. The fourth-order valence-electron chi connectivity index (χ4n) is 1.75. The molecule has 0 unspecified atom stereocenters. The number of nitro benzene ring substituents is 1. The van der Waals surface area contributed by atoms with Crippen LogP contribution in [0.3, 0.4) is 0 Å². The second-order valence-electron chi connectivity index (χ2n) is 3.51. The normalized spacial score (nSPS) is 11.5. The average molecular weight is 213 g/mol. The zero-order valence-electron chi connectivity index (χ0n) is 8.21. The molecule has 0 saturated carbocycles. The van der Waals surface area contributed by atoms with Gasteiger partial charge in [0.2, 0.25) is 5.75 Å². The fourth-order valence-corrected chi connectivity index (χ4v) is 1.75. The highest BCUT2D eigenvalue weighted by Crippen LogP contribution is 2.55. The van der Waals surface area contributed by atoms with Gasteiger partial charge in [0.05, 0.1) is 10.5 Å². The van der Waals surface area contributed by atoms with Gasteiger partial charge < -0.3 is 4.74 Å². The molecule has 0 spiro atoms. The molecule has 1 heterocycles. The van der Waals surface area contributed by atoms with Crippen LogP contribution in [0.5, 0.6) is 11.5 Å². The topological polar surface area (TPSA) is 55.7 Å². The summed E-state index contributed by atoms with van der Waals surface area (Å²) in [5.74, 6) is 0.998. The molecule has 0 aromatic heterocycles. The number of hydrogen-bond acceptors (Lipinski definition) is 3. The van der Waals surface area contributed by atoms with E-state index in [0.717, 1.165) is 5.56 Å². The van der Waals surface area contributed by atoms with Crippen molar-refractivity contribution < 1.29 is 9.66 Å². The van der Waals surface area contributed by atoms with Crippen LogP contribution in [0.1, 0.15) is 0 Å². The lowest BCUT2D eigenvalue weighted by atomic mass is 10.0. The standard InChI is InChI=1S/C12H7NO3/c14-13(15)11-9(6-7-10-12(11)16-10)8-4-2-1-3-5-8/h1-7H. The molecule has 0 aliphatic carbocycles. The van der Waals surface area contributed by atoms with Gasteiger partial charge in [0.25, 0.3) is 0 Å². The summed E-state index contributed by atoms with van der Waals surface area (Å²) in [4.78, 5) is 10.6. The van der Waals surface area contributed by atoms with Gasteiger partial charge in [-0.15, -0.1) is 0 Å². The van der Waals surface area contributed by atoms with Gasteiger partial charge in [0.15, 0.2) is 5.75 Å². The Labute approximate surface area is 91.2 Å². The van der Waals surface area contributed by atoms with Crippen molar-refractivity contribution in [2.75, 3.05) is 0 Å². The molecule has 4 heteroatoms. The van der Waals surface area contributed by atoms with E-state index in [1.807, 2.05) is 30.3 Å². The lowest BCUT2D eigenvalue weighted by molar-refractivity contribution is -0.384. The van der Waals surface area contributed by atoms with Crippen molar-refractivity contribution in [3.05, 3.63) is 52.6 Å². The molecule has 1 aliphatic heterocycles. The minimum Gasteiger partial charge on any atom is -0.442 e. The fraction of sp³-hybridized carbons (Fsp3) is 0. The molecule has 0 atom stereocenters. The molecule has 0 fully saturated rings. The summed E-state index contributed by atoms with van der Waals surface area (Å²) in [5.41, 5.74) is 1.48. The van der Waals surface area contributed by atoms with E-state index in [2.05, 4.69) is 0 Å². The third-order valence-electron chi connectivity index (χ3n) is 2.53. The highest BCUT2D eigenvalue weighted by molar-refractivity contribution is 5.83. The van der Waals surface area contributed by atoms with Crippen LogP contribution in [-0.2, 0) is 0 Å². The zero-order valence-corrected chi connectivity index (χ0v) is 8.21. The number of fused-ring (bicyclic) bond motifs is 1. The lowest BCUT2D eigenvalue weighted by Gasteiger charge is -1.99. The summed E-state index contributed by atoms with van der Waals surface area (Å²) in [7, 11) is 0. The Morgan fingerprint density at radius 1 is 1.06 bits per heavy atom. The average Bonchev–Trinajstić information content (AvgIpc) is 3.07. The van der Waals surface area contributed by atoms with Gasteiger partial charge in [-0.25, -0.2) is 0 Å². The van der Waals surface area contributed by atoms with Crippen molar-refractivity contribution in [2.45, 2.75) is 0 Å². The number of ether oxygens (including phenoxy) is 1. The maximum absolute atomic E-state index is 11.0. The molecule has 78 valence electrons. The van der Waals surface area contributed by atoms with E-state index in [-0.39, 0.29) is 5.69 Å². The van der Waals surface area contributed by atoms with Gasteiger partial charge >= 0.3 is 5.69 Å². The second kappa shape index (κ2) is 3.06. The Kier molecular flexibility index (Phi) is 1.71. The van der Waals surface area contributed by atoms with Crippen LogP contribution in [0, 0.1) is 10.1 Å². The number of nitrogens with zero attached hydrogens (tertiary/aromatic N) is 1. The second-order valence-corrected chi connectivity index (χ2v) is 3.51. The maximum Gasteiger partial charge on any atom is 0.323 e. The number of hydrogen-bond donors (Lipinski definition) is 0. The van der Waals surface area contributed by atoms with Crippen LogP contribution in [0.25, 0.3) is 11.1 Å². The lowest BCUT2D eigenvalue weighted by Crippen LogP contribution is -1.89. The quantitative estimate of drug-likeness (QED) is 0.372. The van der Waals surface area contributed by atoms with Gasteiger partial charge in [-0.3, -0.25) is 10.1 Å². The van der Waals surface area contributed by atoms with Gasteiger partial charge in [0, 0.05) is 0 Å². The highest BCUT2D eigenvalue weighted by Gasteiger charge is 2.35. The predicted octanol–water partition coefficient (Wildman–Crippen LogP) is 3.37. The van der Waals surface area contributed by atoms with Crippen LogP contribution < -0.4 is 4.74 Å². The van der Waals surface area contributed by atoms with Crippen LogP contribution in [0.4, 0.5) is 5.69 Å². The Balaban J connectivity index is 2.23. The minimum atomic E-state index is -0.395. The summed E-state index contributed by atoms with van der Waals surface area (Å²) in [6.07, 6.45) is 0. The van der Waals surface area contributed by atoms with E-state index in [9.17, 15) is 10.1 Å². The van der Waals surface area contributed by atoms with Gasteiger partial charge in [-0.2, -0.15) is 0 Å². The summed E-state index contributed by atoms with van der Waals surface area (Å²) < 4.78 is 5.05. The van der Waals surface area contributed by atoms with Crippen molar-refractivity contribution in [1.82, 2.24) is 0 Å². The van der Waals surface area contributed by atoms with E-state index < -0.39 is 4.92 Å². The Morgan fingerprint density at radius 2 is 1.81 bits per heavy atom. The largest absolute Gasteiger partial charge is 0.442 e. The van der Waals surface area contributed by atoms with E-state index in [1.54, 1.807) is 12.1 Å². The third-order valence-corrected chi connectivity index (χ3v) is 2.53. The first-order valence-corrected chi connectivity index (χ1v) is 4.82. The van der Waals surface area contributed by atoms with Gasteiger partial charge in [-0.05, 0) is 17.7 Å². The summed E-state index contributed by atoms with van der Waals surface area (Å²) in [5, 5.41) is 11.0. The Morgan fingerprint density at radius 3 is 2.50 bits per heavy atom. The molecule has 2 aromatic carbocycles. The summed E-state index contributed by atoms with van der Waals surface area (Å²) >= 11 is 0. The molecule has 3 rings (SSSR count). The molecular weight excluding hydrogens is 206 g/mol. The van der Waals surface area contributed by atoms with Crippen LogP contribution in [0.2, 0.25) is 0 Å². The zero-order chi connectivity index (χ0) is 11.1. The van der Waals surface area contributed by atoms with Crippen LogP contribution in [-0.4, -0.2) is 4.92 Å². The number of rotatable bonds is 2. The summed E-state index contributed by atoms with van der Waals surface area (Å²) in [6, 6.07) is 12.7. The number of nitro groups is 1. The van der Waals surface area contributed by atoms with E-state index >= 15 is 0 Å². The molecule has 0 N–H and O–H groups in total. The molecule has 2 aromatic rings. The first kappa shape index (κ1) is 8.91. The van der Waals surface area contributed by atoms with E-state index in [0.29, 0.717) is 17.1 Å². The molecule has 16 heavy (non-hydrogen) atoms. The van der Waals surface area contributed by atoms with Crippen molar-refractivity contribution >= 4 is 5.69 Å². The van der Waals surface area contributed by atoms with Crippen molar-refractivity contribution in [2.24, 2.45) is 0 Å². The Bertz CT molecular complexity index is 578. The molecule has 1 aliphatic rings. The molecule has 0 bridgehead atoms. The molecule has 0 amide bonds. The van der Waals surface area contributed by atoms with Crippen molar-refractivity contribution in [3.8, 4) is 22.6 Å². The summed E-state index contributed by atoms with van der Waals surface area (Å²) in [6.45, 7) is 0. The molecule has 4 nitrogen and oxygen atoms in total. The minimum absolute atomic E-state index is 0.0590. The molecule has 0 radical (unpaired) electrons. The monoisotopic (exact) mass is 213 g/mol. The third kappa shape index (κ3) is 1.24.